The van der Waals surface area contributed by atoms with Crippen molar-refractivity contribution in [1.29, 1.82) is 0 Å². The topological polar surface area (TPSA) is 163 Å². The smallest absolute Gasteiger partial charge is 0.341 e. The molecule has 0 aliphatic carbocycles. The summed E-state index contributed by atoms with van der Waals surface area (Å²) in [5, 5.41) is 32.0. The fraction of sp³-hybridized carbons (Fsp3) is 0.333. The standard InChI is InChI=1S/C18H18N6O6S/c1-9-2-13(23-3-10(4-23)22-30-7-11(26)6-25)21-16-14(9)15(27)12(17(28)29)5-24(16)18-19-8-20-31-18/h2,5,8,11,25-26H,3-4,6-7H2,1H3,(H,28,29)/t11-/m0/s1. The molecule has 1 aliphatic heterocycles. The number of aliphatic hydroxyl groups excluding tert-OH is 2. The summed E-state index contributed by atoms with van der Waals surface area (Å²) >= 11 is 1.05. The molecule has 3 aromatic rings. The van der Waals surface area contributed by atoms with Gasteiger partial charge in [0, 0.05) is 17.7 Å². The van der Waals surface area contributed by atoms with Crippen LogP contribution < -0.4 is 10.3 Å². The van der Waals surface area contributed by atoms with Crippen molar-refractivity contribution in [1.82, 2.24) is 18.9 Å². The number of aliphatic hydroxyl groups is 2. The molecular weight excluding hydrogens is 428 g/mol. The van der Waals surface area contributed by atoms with Crippen molar-refractivity contribution in [3.63, 3.8) is 0 Å². The van der Waals surface area contributed by atoms with Gasteiger partial charge in [-0.05, 0) is 18.6 Å². The monoisotopic (exact) mass is 446 g/mol. The van der Waals surface area contributed by atoms with E-state index < -0.39 is 24.1 Å². The van der Waals surface area contributed by atoms with Gasteiger partial charge in [-0.1, -0.05) is 5.16 Å². The van der Waals surface area contributed by atoms with E-state index in [9.17, 15) is 19.8 Å². The lowest BCUT2D eigenvalue weighted by Gasteiger charge is -2.33. The van der Waals surface area contributed by atoms with Crippen LogP contribution in [-0.4, -0.2) is 78.3 Å². The number of aromatic nitrogens is 4. The van der Waals surface area contributed by atoms with Crippen molar-refractivity contribution in [2.24, 2.45) is 5.16 Å². The van der Waals surface area contributed by atoms with Crippen LogP contribution in [0.4, 0.5) is 5.82 Å². The zero-order chi connectivity index (χ0) is 22.1. The average Bonchev–Trinajstić information content (AvgIpc) is 3.23. The van der Waals surface area contributed by atoms with Crippen molar-refractivity contribution in [3.05, 3.63) is 39.9 Å². The number of carboxylic acid groups (broad SMARTS) is 1. The quantitative estimate of drug-likeness (QED) is 0.414. The molecule has 162 valence electrons. The van der Waals surface area contributed by atoms with E-state index in [1.807, 2.05) is 4.90 Å². The lowest BCUT2D eigenvalue weighted by Crippen LogP contribution is -2.48. The van der Waals surface area contributed by atoms with Gasteiger partial charge in [0.05, 0.1) is 30.8 Å². The minimum atomic E-state index is -1.33. The summed E-state index contributed by atoms with van der Waals surface area (Å²) in [7, 11) is 0. The second kappa shape index (κ2) is 8.37. The number of anilines is 1. The second-order valence-electron chi connectivity index (χ2n) is 6.91. The van der Waals surface area contributed by atoms with E-state index in [0.29, 0.717) is 29.6 Å². The van der Waals surface area contributed by atoms with Crippen LogP contribution in [0.3, 0.4) is 0 Å². The molecule has 0 bridgehead atoms. The molecule has 3 N–H and O–H groups in total. The molecule has 0 saturated carbocycles. The average molecular weight is 446 g/mol. The molecule has 0 radical (unpaired) electrons. The van der Waals surface area contributed by atoms with Gasteiger partial charge in [0.15, 0.2) is 5.65 Å². The van der Waals surface area contributed by atoms with Gasteiger partial charge in [-0.2, -0.15) is 4.37 Å². The van der Waals surface area contributed by atoms with E-state index in [0.717, 1.165) is 17.2 Å². The van der Waals surface area contributed by atoms with Gasteiger partial charge >= 0.3 is 5.97 Å². The molecule has 4 rings (SSSR count). The van der Waals surface area contributed by atoms with Crippen LogP contribution >= 0.6 is 11.5 Å². The molecule has 0 spiro atoms. The van der Waals surface area contributed by atoms with Gasteiger partial charge in [-0.3, -0.25) is 9.36 Å². The van der Waals surface area contributed by atoms with E-state index in [4.69, 9.17) is 9.94 Å². The number of rotatable bonds is 7. The third-order valence-corrected chi connectivity index (χ3v) is 5.34. The Kier molecular flexibility index (Phi) is 5.63. The van der Waals surface area contributed by atoms with Crippen LogP contribution in [0.2, 0.25) is 0 Å². The predicted molar refractivity (Wildman–Crippen MR) is 111 cm³/mol. The molecule has 1 aliphatic rings. The first kappa shape index (κ1) is 20.8. The molecule has 4 heterocycles. The summed E-state index contributed by atoms with van der Waals surface area (Å²) < 4.78 is 5.41. The highest BCUT2D eigenvalue weighted by Gasteiger charge is 2.26. The Morgan fingerprint density at radius 3 is 2.84 bits per heavy atom. The van der Waals surface area contributed by atoms with E-state index >= 15 is 0 Å². The number of nitrogens with zero attached hydrogens (tertiary/aromatic N) is 6. The normalized spacial score (nSPS) is 14.4. The molecule has 1 atom stereocenters. The first-order valence-electron chi connectivity index (χ1n) is 9.18. The Morgan fingerprint density at radius 1 is 1.42 bits per heavy atom. The summed E-state index contributed by atoms with van der Waals surface area (Å²) in [6.07, 6.45) is 1.57. The van der Waals surface area contributed by atoms with E-state index in [-0.39, 0.29) is 23.2 Å². The minimum Gasteiger partial charge on any atom is -0.477 e. The van der Waals surface area contributed by atoms with Gasteiger partial charge < -0.3 is 25.1 Å². The lowest BCUT2D eigenvalue weighted by atomic mass is 10.1. The summed E-state index contributed by atoms with van der Waals surface area (Å²) in [6.45, 7) is 2.08. The number of pyridine rings is 2. The fourth-order valence-corrected chi connectivity index (χ4v) is 3.60. The van der Waals surface area contributed by atoms with Crippen LogP contribution in [0.1, 0.15) is 15.9 Å². The molecule has 12 nitrogen and oxygen atoms in total. The third-order valence-electron chi connectivity index (χ3n) is 4.67. The van der Waals surface area contributed by atoms with Gasteiger partial charge in [-0.25, -0.2) is 14.8 Å². The largest absolute Gasteiger partial charge is 0.477 e. The van der Waals surface area contributed by atoms with E-state index in [1.54, 1.807) is 13.0 Å². The second-order valence-corrected chi connectivity index (χ2v) is 7.67. The van der Waals surface area contributed by atoms with Crippen molar-refractivity contribution in [2.75, 3.05) is 31.2 Å². The molecule has 3 aromatic heterocycles. The zero-order valence-corrected chi connectivity index (χ0v) is 17.1. The van der Waals surface area contributed by atoms with Gasteiger partial charge in [-0.15, -0.1) is 0 Å². The van der Waals surface area contributed by atoms with Crippen molar-refractivity contribution >= 4 is 40.1 Å². The number of hydrogen-bond donors (Lipinski definition) is 3. The number of hydrogen-bond acceptors (Lipinski definition) is 11. The van der Waals surface area contributed by atoms with Crippen molar-refractivity contribution in [2.45, 2.75) is 13.0 Å². The lowest BCUT2D eigenvalue weighted by molar-refractivity contribution is 0.00789. The Bertz CT molecular complexity index is 1220. The highest BCUT2D eigenvalue weighted by Crippen LogP contribution is 2.25. The molecule has 13 heteroatoms. The summed E-state index contributed by atoms with van der Waals surface area (Å²) in [5.74, 6) is -0.747. The highest BCUT2D eigenvalue weighted by atomic mass is 32.1. The fourth-order valence-electron chi connectivity index (χ4n) is 3.09. The number of carbonyl (C=O) groups is 1. The Labute approximate surface area is 178 Å². The van der Waals surface area contributed by atoms with Crippen molar-refractivity contribution < 1.29 is 25.0 Å². The highest BCUT2D eigenvalue weighted by molar-refractivity contribution is 7.08. The number of oxime groups is 1. The van der Waals surface area contributed by atoms with Crippen LogP contribution in [0.15, 0.2) is 28.5 Å². The summed E-state index contributed by atoms with van der Waals surface area (Å²) in [4.78, 5) is 40.0. The molecule has 31 heavy (non-hydrogen) atoms. The molecule has 0 aromatic carbocycles. The molecule has 0 amide bonds. The molecule has 0 unspecified atom stereocenters. The maximum absolute atomic E-state index is 12.8. The maximum atomic E-state index is 12.8. The molecule has 1 saturated heterocycles. The zero-order valence-electron chi connectivity index (χ0n) is 16.3. The first-order chi connectivity index (χ1) is 14.9. The van der Waals surface area contributed by atoms with Crippen LogP contribution in [0.5, 0.6) is 0 Å². The number of aryl methyl sites for hydroxylation is 1. The van der Waals surface area contributed by atoms with E-state index in [2.05, 4.69) is 19.5 Å². The number of carboxylic acids is 1. The predicted octanol–water partition coefficient (Wildman–Crippen LogP) is -0.210. The van der Waals surface area contributed by atoms with Gasteiger partial charge in [0.1, 0.15) is 30.4 Å². The van der Waals surface area contributed by atoms with Crippen molar-refractivity contribution in [3.8, 4) is 5.13 Å². The van der Waals surface area contributed by atoms with E-state index in [1.165, 1.54) is 17.1 Å². The van der Waals surface area contributed by atoms with Gasteiger partial charge in [0.25, 0.3) is 0 Å². The van der Waals surface area contributed by atoms with Gasteiger partial charge in [0.2, 0.25) is 10.6 Å². The SMILES string of the molecule is Cc1cc(N2CC(=NOC[C@@H](O)CO)C2)nc2c1c(=O)c(C(=O)O)cn2-c1ncns1. The number of aromatic carboxylic acids is 1. The Morgan fingerprint density at radius 2 is 2.19 bits per heavy atom. The summed E-state index contributed by atoms with van der Waals surface area (Å²) in [5.41, 5.74) is 0.614. The third kappa shape index (κ3) is 3.97. The first-order valence-corrected chi connectivity index (χ1v) is 9.95. The minimum absolute atomic E-state index is 0.104. The Hall–Kier alpha value is -3.42. The van der Waals surface area contributed by atoms with Crippen LogP contribution in [0, 0.1) is 6.92 Å². The maximum Gasteiger partial charge on any atom is 0.341 e. The van der Waals surface area contributed by atoms with Crippen LogP contribution in [-0.2, 0) is 4.84 Å². The molecular formula is C18H18N6O6S. The number of fused-ring (bicyclic) bond motifs is 1. The molecule has 1 fully saturated rings. The summed E-state index contributed by atoms with van der Waals surface area (Å²) in [6, 6.07) is 1.72. The van der Waals surface area contributed by atoms with Crippen LogP contribution in [0.25, 0.3) is 16.2 Å². The Balaban J connectivity index is 1.70.